The summed E-state index contributed by atoms with van der Waals surface area (Å²) in [5, 5.41) is 12.1. The van der Waals surface area contributed by atoms with Crippen molar-refractivity contribution in [3.05, 3.63) is 30.1 Å². The van der Waals surface area contributed by atoms with Gasteiger partial charge in [0, 0.05) is 38.4 Å². The summed E-state index contributed by atoms with van der Waals surface area (Å²) in [7, 11) is 0. The first-order valence-electron chi connectivity index (χ1n) is 5.62. The van der Waals surface area contributed by atoms with Crippen LogP contribution in [-0.2, 0) is 6.54 Å². The zero-order chi connectivity index (χ0) is 11.2. The number of piperazine rings is 1. The van der Waals surface area contributed by atoms with E-state index in [9.17, 15) is 0 Å². The van der Waals surface area contributed by atoms with E-state index in [0.29, 0.717) is 12.5 Å². The molecule has 2 heterocycles. The van der Waals surface area contributed by atoms with Gasteiger partial charge < -0.3 is 5.32 Å². The molecule has 0 aromatic carbocycles. The first-order chi connectivity index (χ1) is 7.90. The van der Waals surface area contributed by atoms with E-state index in [4.69, 9.17) is 5.26 Å². The van der Waals surface area contributed by atoms with Crippen LogP contribution in [0.4, 0.5) is 0 Å². The summed E-state index contributed by atoms with van der Waals surface area (Å²) in [6.45, 7) is 3.73. The maximum atomic E-state index is 8.78. The number of hydrogen-bond donors (Lipinski definition) is 1. The molecule has 1 aliphatic heterocycles. The average Bonchev–Trinajstić information content (AvgIpc) is 2.33. The number of aromatic nitrogens is 1. The van der Waals surface area contributed by atoms with Crippen LogP contribution in [0.3, 0.4) is 0 Å². The summed E-state index contributed by atoms with van der Waals surface area (Å²) in [4.78, 5) is 6.66. The number of nitriles is 1. The molecule has 4 heteroatoms. The lowest BCUT2D eigenvalue weighted by Gasteiger charge is -2.34. The Bertz CT molecular complexity index is 357. The Morgan fingerprint density at radius 3 is 3.25 bits per heavy atom. The zero-order valence-corrected chi connectivity index (χ0v) is 9.26. The molecular formula is C12H16N4. The van der Waals surface area contributed by atoms with Crippen molar-refractivity contribution < 1.29 is 0 Å². The molecule has 1 aromatic rings. The molecule has 0 radical (unpaired) electrons. The van der Waals surface area contributed by atoms with Crippen molar-refractivity contribution in [3.8, 4) is 6.07 Å². The summed E-state index contributed by atoms with van der Waals surface area (Å²) in [6, 6.07) is 8.53. The van der Waals surface area contributed by atoms with E-state index in [-0.39, 0.29) is 0 Å². The predicted octanol–water partition coefficient (Wildman–Crippen LogP) is 0.769. The summed E-state index contributed by atoms with van der Waals surface area (Å²) in [5.41, 5.74) is 1.08. The second-order valence-electron chi connectivity index (χ2n) is 4.01. The third-order valence-corrected chi connectivity index (χ3v) is 2.89. The van der Waals surface area contributed by atoms with Gasteiger partial charge in [0.2, 0.25) is 0 Å². The van der Waals surface area contributed by atoms with Gasteiger partial charge in [0.15, 0.2) is 0 Å². The molecule has 16 heavy (non-hydrogen) atoms. The highest BCUT2D eigenvalue weighted by Gasteiger charge is 2.21. The number of hydrogen-bond acceptors (Lipinski definition) is 4. The van der Waals surface area contributed by atoms with Crippen molar-refractivity contribution in [2.75, 3.05) is 19.6 Å². The zero-order valence-electron chi connectivity index (χ0n) is 9.26. The SMILES string of the molecule is N#CCC1CNCCN1Cc1ccccn1. The van der Waals surface area contributed by atoms with Crippen LogP contribution in [0.25, 0.3) is 0 Å². The van der Waals surface area contributed by atoms with Gasteiger partial charge in [0.1, 0.15) is 0 Å². The third-order valence-electron chi connectivity index (χ3n) is 2.89. The number of rotatable bonds is 3. The lowest BCUT2D eigenvalue weighted by atomic mass is 10.1. The molecule has 1 atom stereocenters. The Balaban J connectivity index is 1.99. The highest BCUT2D eigenvalue weighted by Crippen LogP contribution is 2.10. The quantitative estimate of drug-likeness (QED) is 0.811. The van der Waals surface area contributed by atoms with Crippen LogP contribution in [0.2, 0.25) is 0 Å². The minimum absolute atomic E-state index is 0.320. The van der Waals surface area contributed by atoms with Gasteiger partial charge in [0.05, 0.1) is 18.2 Å². The van der Waals surface area contributed by atoms with Gasteiger partial charge in [-0.2, -0.15) is 5.26 Å². The van der Waals surface area contributed by atoms with Gasteiger partial charge in [-0.1, -0.05) is 6.07 Å². The lowest BCUT2D eigenvalue weighted by molar-refractivity contribution is 0.153. The first kappa shape index (κ1) is 11.1. The molecule has 1 unspecified atom stereocenters. The van der Waals surface area contributed by atoms with Crippen molar-refractivity contribution in [3.63, 3.8) is 0 Å². The Morgan fingerprint density at radius 1 is 1.56 bits per heavy atom. The van der Waals surface area contributed by atoms with Crippen LogP contribution in [0, 0.1) is 11.3 Å². The fourth-order valence-corrected chi connectivity index (χ4v) is 2.02. The largest absolute Gasteiger partial charge is 0.314 e. The van der Waals surface area contributed by atoms with Crippen molar-refractivity contribution in [2.24, 2.45) is 0 Å². The van der Waals surface area contributed by atoms with Crippen LogP contribution in [-0.4, -0.2) is 35.6 Å². The molecule has 1 saturated heterocycles. The Hall–Kier alpha value is -1.44. The average molecular weight is 216 g/mol. The molecule has 84 valence electrons. The van der Waals surface area contributed by atoms with Crippen LogP contribution in [0.15, 0.2) is 24.4 Å². The van der Waals surface area contributed by atoms with E-state index >= 15 is 0 Å². The van der Waals surface area contributed by atoms with Crippen molar-refractivity contribution in [2.45, 2.75) is 19.0 Å². The van der Waals surface area contributed by atoms with E-state index in [1.807, 2.05) is 24.4 Å². The molecule has 1 aromatic heterocycles. The van der Waals surface area contributed by atoms with Crippen molar-refractivity contribution in [1.29, 1.82) is 5.26 Å². The van der Waals surface area contributed by atoms with Crippen LogP contribution in [0.1, 0.15) is 12.1 Å². The summed E-state index contributed by atoms with van der Waals surface area (Å²) in [5.74, 6) is 0. The molecule has 1 N–H and O–H groups in total. The highest BCUT2D eigenvalue weighted by molar-refractivity contribution is 5.04. The fourth-order valence-electron chi connectivity index (χ4n) is 2.02. The molecular weight excluding hydrogens is 200 g/mol. The monoisotopic (exact) mass is 216 g/mol. The molecule has 4 nitrogen and oxygen atoms in total. The van der Waals surface area contributed by atoms with E-state index in [1.54, 1.807) is 0 Å². The molecule has 0 bridgehead atoms. The molecule has 2 rings (SSSR count). The van der Waals surface area contributed by atoms with E-state index in [0.717, 1.165) is 31.9 Å². The minimum atomic E-state index is 0.320. The van der Waals surface area contributed by atoms with Gasteiger partial charge in [-0.3, -0.25) is 9.88 Å². The molecule has 0 saturated carbocycles. The van der Waals surface area contributed by atoms with E-state index < -0.39 is 0 Å². The van der Waals surface area contributed by atoms with Crippen molar-refractivity contribution >= 4 is 0 Å². The number of pyridine rings is 1. The maximum absolute atomic E-state index is 8.78. The van der Waals surface area contributed by atoms with Gasteiger partial charge in [0.25, 0.3) is 0 Å². The summed E-state index contributed by atoms with van der Waals surface area (Å²) < 4.78 is 0. The van der Waals surface area contributed by atoms with Gasteiger partial charge in [-0.15, -0.1) is 0 Å². The smallest absolute Gasteiger partial charge is 0.0638 e. The predicted molar refractivity (Wildman–Crippen MR) is 61.5 cm³/mol. The second-order valence-corrected chi connectivity index (χ2v) is 4.01. The van der Waals surface area contributed by atoms with E-state index in [1.165, 1.54) is 0 Å². The fraction of sp³-hybridized carbons (Fsp3) is 0.500. The van der Waals surface area contributed by atoms with Gasteiger partial charge in [-0.05, 0) is 12.1 Å². The van der Waals surface area contributed by atoms with Crippen LogP contribution in [0.5, 0.6) is 0 Å². The first-order valence-corrected chi connectivity index (χ1v) is 5.62. The van der Waals surface area contributed by atoms with Gasteiger partial charge in [-0.25, -0.2) is 0 Å². The standard InChI is InChI=1S/C12H16N4/c13-5-4-12-9-14-7-8-16(12)10-11-3-1-2-6-15-11/h1-3,6,12,14H,4,7-10H2. The molecule has 1 aliphatic rings. The van der Waals surface area contributed by atoms with Crippen LogP contribution >= 0.6 is 0 Å². The molecule has 0 aliphatic carbocycles. The number of nitrogens with zero attached hydrogens (tertiary/aromatic N) is 3. The van der Waals surface area contributed by atoms with E-state index in [2.05, 4.69) is 21.3 Å². The molecule has 0 amide bonds. The Kier molecular flexibility index (Phi) is 3.86. The van der Waals surface area contributed by atoms with Crippen molar-refractivity contribution in [1.82, 2.24) is 15.2 Å². The van der Waals surface area contributed by atoms with Gasteiger partial charge >= 0.3 is 0 Å². The topological polar surface area (TPSA) is 52.0 Å². The molecule has 0 spiro atoms. The maximum Gasteiger partial charge on any atom is 0.0638 e. The van der Waals surface area contributed by atoms with Crippen LogP contribution < -0.4 is 5.32 Å². The number of nitrogens with one attached hydrogen (secondary N) is 1. The Labute approximate surface area is 95.9 Å². The third kappa shape index (κ3) is 2.78. The normalized spacial score (nSPS) is 21.6. The lowest BCUT2D eigenvalue weighted by Crippen LogP contribution is -2.50. The highest BCUT2D eigenvalue weighted by atomic mass is 15.2. The molecule has 1 fully saturated rings. The Morgan fingerprint density at radius 2 is 2.50 bits per heavy atom. The summed E-state index contributed by atoms with van der Waals surface area (Å²) >= 11 is 0. The summed E-state index contributed by atoms with van der Waals surface area (Å²) in [6.07, 6.45) is 2.40. The minimum Gasteiger partial charge on any atom is -0.314 e. The second kappa shape index (κ2) is 5.59.